The lowest BCUT2D eigenvalue weighted by Crippen LogP contribution is -1.57. The maximum atomic E-state index is 3.36. The molecule has 0 aliphatic carbocycles. The van der Waals surface area contributed by atoms with Crippen molar-refractivity contribution in [3.8, 4) is 0 Å². The Labute approximate surface area is 65.1 Å². The Hall–Kier alpha value is -0.300. The first-order valence-electron chi connectivity index (χ1n) is 2.92. The highest BCUT2D eigenvalue weighted by Crippen LogP contribution is 2.05. The lowest BCUT2D eigenvalue weighted by Gasteiger charge is -1.81. The molecule has 0 radical (unpaired) electrons. The van der Waals surface area contributed by atoms with E-state index in [2.05, 4.69) is 15.9 Å². The number of hydrogen-bond donors (Lipinski definition) is 0. The van der Waals surface area contributed by atoms with Crippen molar-refractivity contribution in [1.29, 1.82) is 0 Å². The molecule has 0 N–H and O–H groups in total. The van der Waals surface area contributed by atoms with Crippen LogP contribution in [0.15, 0.2) is 34.9 Å². The molecule has 0 spiro atoms. The van der Waals surface area contributed by atoms with Crippen molar-refractivity contribution in [3.63, 3.8) is 0 Å². The van der Waals surface area contributed by atoms with Gasteiger partial charge in [0.05, 0.1) is 0 Å². The van der Waals surface area contributed by atoms with Crippen molar-refractivity contribution in [2.45, 2.75) is 13.8 Å². The third-order valence-electron chi connectivity index (χ3n) is 0.774. The molecular formula is C8H11Br. The monoisotopic (exact) mass is 186 g/mol. The van der Waals surface area contributed by atoms with Crippen LogP contribution in [0.2, 0.25) is 0 Å². The molecule has 0 atom stereocenters. The number of hydrogen-bond acceptors (Lipinski definition) is 0. The maximum Gasteiger partial charge on any atom is 0.0171 e. The first-order chi connectivity index (χ1) is 4.31. The zero-order chi connectivity index (χ0) is 7.11. The van der Waals surface area contributed by atoms with Crippen molar-refractivity contribution >= 4 is 15.9 Å². The summed E-state index contributed by atoms with van der Waals surface area (Å²) in [5.74, 6) is 0. The molecule has 0 rings (SSSR count). The van der Waals surface area contributed by atoms with Crippen molar-refractivity contribution in [2.24, 2.45) is 0 Å². The van der Waals surface area contributed by atoms with E-state index in [9.17, 15) is 0 Å². The molecule has 50 valence electrons. The zero-order valence-electron chi connectivity index (χ0n) is 5.76. The van der Waals surface area contributed by atoms with Gasteiger partial charge in [-0.15, -0.1) is 0 Å². The third-order valence-corrected chi connectivity index (χ3v) is 1.30. The van der Waals surface area contributed by atoms with Gasteiger partial charge in [0.2, 0.25) is 0 Å². The molecule has 0 heterocycles. The van der Waals surface area contributed by atoms with Gasteiger partial charge < -0.3 is 0 Å². The molecule has 0 bridgehead atoms. The van der Waals surface area contributed by atoms with Crippen molar-refractivity contribution < 1.29 is 0 Å². The SMILES string of the molecule is C\C=C/C=C(Br)\C=C/C. The Balaban J connectivity index is 3.84. The number of halogens is 1. The second-order valence-electron chi connectivity index (χ2n) is 1.58. The van der Waals surface area contributed by atoms with Crippen LogP contribution >= 0.6 is 15.9 Å². The van der Waals surface area contributed by atoms with Crippen LogP contribution in [0.4, 0.5) is 0 Å². The van der Waals surface area contributed by atoms with Gasteiger partial charge in [-0.05, 0) is 19.9 Å². The fraction of sp³-hybridized carbons (Fsp3) is 0.250. The molecule has 1 heteroatoms. The molecule has 0 saturated heterocycles. The molecule has 0 aromatic rings. The highest BCUT2D eigenvalue weighted by Gasteiger charge is 1.75. The Morgan fingerprint density at radius 2 is 1.89 bits per heavy atom. The fourth-order valence-corrected chi connectivity index (χ4v) is 0.820. The summed E-state index contributed by atoms with van der Waals surface area (Å²) in [6.45, 7) is 3.98. The predicted octanol–water partition coefficient (Wildman–Crippen LogP) is 3.42. The van der Waals surface area contributed by atoms with E-state index < -0.39 is 0 Å². The van der Waals surface area contributed by atoms with Gasteiger partial charge >= 0.3 is 0 Å². The van der Waals surface area contributed by atoms with Gasteiger partial charge in [-0.1, -0.05) is 40.2 Å². The molecule has 9 heavy (non-hydrogen) atoms. The summed E-state index contributed by atoms with van der Waals surface area (Å²) in [6.07, 6.45) is 9.97. The highest BCUT2D eigenvalue weighted by molar-refractivity contribution is 9.11. The molecule has 0 saturated carbocycles. The molecule has 0 aliphatic heterocycles. The van der Waals surface area contributed by atoms with E-state index in [0.29, 0.717) is 0 Å². The molecule has 0 fully saturated rings. The standard InChI is InChI=1S/C8H11Br/c1-3-5-7-8(9)6-4-2/h3-7H,1-2H3/b5-3-,6-4-,8-7+. The van der Waals surface area contributed by atoms with Crippen LogP contribution in [0.3, 0.4) is 0 Å². The van der Waals surface area contributed by atoms with Crippen LogP contribution in [0.5, 0.6) is 0 Å². The predicted molar refractivity (Wildman–Crippen MR) is 46.6 cm³/mol. The van der Waals surface area contributed by atoms with Crippen LogP contribution in [0.25, 0.3) is 0 Å². The second kappa shape index (κ2) is 5.83. The Bertz CT molecular complexity index is 141. The average Bonchev–Trinajstić information content (AvgIpc) is 1.85. The van der Waals surface area contributed by atoms with E-state index in [0.717, 1.165) is 4.48 Å². The first kappa shape index (κ1) is 8.70. The van der Waals surface area contributed by atoms with Crippen molar-refractivity contribution in [3.05, 3.63) is 34.9 Å². The number of rotatable bonds is 2. The lowest BCUT2D eigenvalue weighted by atomic mass is 10.4. The normalized spacial score (nSPS) is 13.9. The van der Waals surface area contributed by atoms with E-state index in [1.54, 1.807) is 0 Å². The molecule has 0 aromatic heterocycles. The van der Waals surface area contributed by atoms with E-state index in [-0.39, 0.29) is 0 Å². The average molecular weight is 187 g/mol. The summed E-state index contributed by atoms with van der Waals surface area (Å²) in [7, 11) is 0. The molecule has 0 unspecified atom stereocenters. The summed E-state index contributed by atoms with van der Waals surface area (Å²) < 4.78 is 1.10. The first-order valence-corrected chi connectivity index (χ1v) is 3.71. The Morgan fingerprint density at radius 1 is 1.22 bits per heavy atom. The van der Waals surface area contributed by atoms with Gasteiger partial charge in [-0.25, -0.2) is 0 Å². The topological polar surface area (TPSA) is 0 Å². The zero-order valence-corrected chi connectivity index (χ0v) is 7.35. The van der Waals surface area contributed by atoms with Crippen molar-refractivity contribution in [1.82, 2.24) is 0 Å². The second-order valence-corrected chi connectivity index (χ2v) is 2.49. The van der Waals surface area contributed by atoms with Gasteiger partial charge in [0.15, 0.2) is 0 Å². The summed E-state index contributed by atoms with van der Waals surface area (Å²) in [6, 6.07) is 0. The fourth-order valence-electron chi connectivity index (χ4n) is 0.403. The van der Waals surface area contributed by atoms with E-state index in [1.807, 2.05) is 44.2 Å². The van der Waals surface area contributed by atoms with Crippen LogP contribution in [0.1, 0.15) is 13.8 Å². The summed E-state index contributed by atoms with van der Waals surface area (Å²) >= 11 is 3.36. The third kappa shape index (κ3) is 5.57. The van der Waals surface area contributed by atoms with Gasteiger partial charge in [0, 0.05) is 4.48 Å². The quantitative estimate of drug-likeness (QED) is 0.581. The molecular weight excluding hydrogens is 176 g/mol. The van der Waals surface area contributed by atoms with Gasteiger partial charge in [-0.3, -0.25) is 0 Å². The van der Waals surface area contributed by atoms with Crippen LogP contribution < -0.4 is 0 Å². The van der Waals surface area contributed by atoms with Crippen LogP contribution in [-0.2, 0) is 0 Å². The molecule has 0 nitrogen and oxygen atoms in total. The van der Waals surface area contributed by atoms with Gasteiger partial charge in [-0.2, -0.15) is 0 Å². The molecule has 0 aliphatic rings. The Kier molecular flexibility index (Phi) is 5.64. The minimum atomic E-state index is 1.10. The van der Waals surface area contributed by atoms with E-state index in [4.69, 9.17) is 0 Å². The Morgan fingerprint density at radius 3 is 2.33 bits per heavy atom. The molecule has 0 aromatic carbocycles. The summed E-state index contributed by atoms with van der Waals surface area (Å²) in [4.78, 5) is 0. The van der Waals surface area contributed by atoms with Crippen LogP contribution in [0, 0.1) is 0 Å². The van der Waals surface area contributed by atoms with Crippen LogP contribution in [-0.4, -0.2) is 0 Å². The number of allylic oxidation sites excluding steroid dienone is 6. The smallest absolute Gasteiger partial charge is 0.0171 e. The highest BCUT2D eigenvalue weighted by atomic mass is 79.9. The van der Waals surface area contributed by atoms with E-state index in [1.165, 1.54) is 0 Å². The largest absolute Gasteiger partial charge is 0.0876 e. The maximum absolute atomic E-state index is 3.36. The van der Waals surface area contributed by atoms with E-state index >= 15 is 0 Å². The minimum Gasteiger partial charge on any atom is -0.0876 e. The van der Waals surface area contributed by atoms with Crippen molar-refractivity contribution in [2.75, 3.05) is 0 Å². The molecule has 0 amide bonds. The lowest BCUT2D eigenvalue weighted by molar-refractivity contribution is 1.69. The van der Waals surface area contributed by atoms with Gasteiger partial charge in [0.25, 0.3) is 0 Å². The minimum absolute atomic E-state index is 1.10. The summed E-state index contributed by atoms with van der Waals surface area (Å²) in [5, 5.41) is 0. The summed E-state index contributed by atoms with van der Waals surface area (Å²) in [5.41, 5.74) is 0. The van der Waals surface area contributed by atoms with Gasteiger partial charge in [0.1, 0.15) is 0 Å².